The largest absolute Gasteiger partial charge is 0.338 e. The number of benzene rings is 1. The van der Waals surface area contributed by atoms with Crippen LogP contribution in [0, 0.1) is 0 Å². The molecule has 1 saturated carbocycles. The van der Waals surface area contributed by atoms with E-state index in [1.165, 1.54) is 30.6 Å². The van der Waals surface area contributed by atoms with Crippen LogP contribution in [0.1, 0.15) is 41.8 Å². The van der Waals surface area contributed by atoms with Crippen LogP contribution in [0.3, 0.4) is 0 Å². The summed E-state index contributed by atoms with van der Waals surface area (Å²) >= 11 is 1.40. The second-order valence-corrected chi connectivity index (χ2v) is 8.03. The monoisotopic (exact) mass is 457 g/mol. The molecule has 2 aromatic heterocycles. The molecule has 0 aliphatic heterocycles. The summed E-state index contributed by atoms with van der Waals surface area (Å²) in [7, 11) is 1.91. The van der Waals surface area contributed by atoms with Crippen LogP contribution in [-0.4, -0.2) is 45.7 Å². The van der Waals surface area contributed by atoms with E-state index < -0.39 is 0 Å². The van der Waals surface area contributed by atoms with Crippen molar-refractivity contribution in [2.24, 2.45) is 5.73 Å². The zero-order chi connectivity index (χ0) is 19.0. The topological polar surface area (TPSA) is 92.7 Å². The normalized spacial score (nSPS) is 14.3. The van der Waals surface area contributed by atoms with E-state index in [1.54, 1.807) is 0 Å². The summed E-state index contributed by atoms with van der Waals surface area (Å²) in [5.41, 5.74) is 7.68. The van der Waals surface area contributed by atoms with Crippen LogP contribution in [0.5, 0.6) is 0 Å². The number of nitrogens with one attached hydrogen (secondary N) is 1. The average molecular weight is 458 g/mol. The van der Waals surface area contributed by atoms with Gasteiger partial charge in [-0.3, -0.25) is 14.0 Å². The van der Waals surface area contributed by atoms with Gasteiger partial charge in [0.15, 0.2) is 4.96 Å². The van der Waals surface area contributed by atoms with E-state index in [9.17, 15) is 9.59 Å². The molecule has 0 bridgehead atoms. The van der Waals surface area contributed by atoms with E-state index in [0.29, 0.717) is 16.6 Å². The van der Waals surface area contributed by atoms with Gasteiger partial charge in [0, 0.05) is 25.0 Å². The summed E-state index contributed by atoms with van der Waals surface area (Å²) < 4.78 is 1.94. The molecule has 10 heteroatoms. The molecule has 1 aliphatic rings. The highest BCUT2D eigenvalue weighted by Gasteiger charge is 2.25. The molecule has 29 heavy (non-hydrogen) atoms. The Morgan fingerprint density at radius 3 is 2.69 bits per heavy atom. The fraction of sp³-hybridized carbons (Fsp3) is 0.421. The summed E-state index contributed by atoms with van der Waals surface area (Å²) in [4.78, 5) is 32.3. The smallest absolute Gasteiger partial charge is 0.265 e. The maximum atomic E-state index is 12.9. The molecule has 2 amide bonds. The maximum absolute atomic E-state index is 12.9. The minimum Gasteiger partial charge on any atom is -0.338 e. The number of hydrogen-bond donors (Lipinski definition) is 2. The van der Waals surface area contributed by atoms with Gasteiger partial charge in [-0.2, -0.15) is 0 Å². The number of halogens is 2. The van der Waals surface area contributed by atoms with E-state index in [1.807, 2.05) is 40.7 Å². The Morgan fingerprint density at radius 1 is 1.28 bits per heavy atom. The van der Waals surface area contributed by atoms with E-state index in [0.717, 1.165) is 28.8 Å². The van der Waals surface area contributed by atoms with Gasteiger partial charge in [0.2, 0.25) is 5.91 Å². The van der Waals surface area contributed by atoms with Crippen molar-refractivity contribution in [2.45, 2.75) is 38.1 Å². The minimum atomic E-state index is -0.242. The van der Waals surface area contributed by atoms with Crippen molar-refractivity contribution in [3.05, 3.63) is 29.3 Å². The standard InChI is InChI=1S/C19H23N5O2S.2ClH/c1-23(13-5-3-2-4-6-13)18(26)16-11-24-15-8-7-12(21-17(25)10-20)9-14(15)22-19(24)27-16;;/h7-9,11,13H,2-6,10,20H2,1H3,(H,21,25);2*1H. The number of thiazole rings is 1. The fourth-order valence-electron chi connectivity index (χ4n) is 3.71. The number of nitrogens with two attached hydrogens (primary N) is 1. The first-order valence-electron chi connectivity index (χ1n) is 9.25. The highest BCUT2D eigenvalue weighted by atomic mass is 35.5. The third kappa shape index (κ3) is 4.66. The molecule has 0 atom stereocenters. The number of carbonyl (C=O) groups excluding carboxylic acids is 2. The molecule has 0 radical (unpaired) electrons. The Bertz CT molecular complexity index is 1010. The molecule has 2 heterocycles. The quantitative estimate of drug-likeness (QED) is 0.624. The van der Waals surface area contributed by atoms with Gasteiger partial charge in [0.05, 0.1) is 17.6 Å². The lowest BCUT2D eigenvalue weighted by Crippen LogP contribution is -2.37. The van der Waals surface area contributed by atoms with E-state index in [4.69, 9.17) is 5.73 Å². The summed E-state index contributed by atoms with van der Waals surface area (Å²) in [6.07, 6.45) is 7.71. The van der Waals surface area contributed by atoms with Crippen LogP contribution in [0.4, 0.5) is 5.69 Å². The van der Waals surface area contributed by atoms with Crippen LogP contribution >= 0.6 is 36.2 Å². The lowest BCUT2D eigenvalue weighted by atomic mass is 9.94. The number of imidazole rings is 1. The number of aromatic nitrogens is 2. The predicted octanol–water partition coefficient (Wildman–Crippen LogP) is 3.69. The Kier molecular flexibility index (Phi) is 7.87. The number of nitrogens with zero attached hydrogens (tertiary/aromatic N) is 3. The number of fused-ring (bicyclic) bond motifs is 3. The summed E-state index contributed by atoms with van der Waals surface area (Å²) in [6.45, 7) is -0.0592. The van der Waals surface area contributed by atoms with Gasteiger partial charge in [-0.25, -0.2) is 4.98 Å². The van der Waals surface area contributed by atoms with Crippen LogP contribution in [-0.2, 0) is 4.79 Å². The molecule has 7 nitrogen and oxygen atoms in total. The maximum Gasteiger partial charge on any atom is 0.265 e. The van der Waals surface area contributed by atoms with E-state index >= 15 is 0 Å². The zero-order valence-corrected chi connectivity index (χ0v) is 18.5. The van der Waals surface area contributed by atoms with Crippen molar-refractivity contribution >= 4 is 69.6 Å². The molecule has 3 N–H and O–H groups in total. The van der Waals surface area contributed by atoms with Gasteiger partial charge in [-0.05, 0) is 31.0 Å². The van der Waals surface area contributed by atoms with Crippen molar-refractivity contribution < 1.29 is 9.59 Å². The number of anilines is 1. The SMILES string of the molecule is CN(C(=O)c1cn2c(nc3cc(NC(=O)CN)ccc32)s1)C1CCCCC1.Cl.Cl. The summed E-state index contributed by atoms with van der Waals surface area (Å²) in [6, 6.07) is 5.87. The van der Waals surface area contributed by atoms with E-state index in [-0.39, 0.29) is 43.2 Å². The van der Waals surface area contributed by atoms with E-state index in [2.05, 4.69) is 10.3 Å². The molecule has 4 rings (SSSR count). The minimum absolute atomic E-state index is 0. The first kappa shape index (κ1) is 23.4. The first-order chi connectivity index (χ1) is 13.1. The highest BCUT2D eigenvalue weighted by molar-refractivity contribution is 7.18. The third-order valence-corrected chi connectivity index (χ3v) is 6.20. The molecular weight excluding hydrogens is 433 g/mol. The Balaban J connectivity index is 0.00000150. The predicted molar refractivity (Wildman–Crippen MR) is 122 cm³/mol. The first-order valence-corrected chi connectivity index (χ1v) is 10.1. The molecular formula is C19H25Cl2N5O2S. The lowest BCUT2D eigenvalue weighted by Gasteiger charge is -2.30. The van der Waals surface area contributed by atoms with Crippen molar-refractivity contribution in [1.29, 1.82) is 0 Å². The van der Waals surface area contributed by atoms with Crippen molar-refractivity contribution in [1.82, 2.24) is 14.3 Å². The van der Waals surface area contributed by atoms with Gasteiger partial charge < -0.3 is 16.0 Å². The van der Waals surface area contributed by atoms with Gasteiger partial charge in [0.25, 0.3) is 5.91 Å². The molecule has 0 unspecified atom stereocenters. The number of amides is 2. The summed E-state index contributed by atoms with van der Waals surface area (Å²) in [5.74, 6) is -0.175. The average Bonchev–Trinajstić information content (AvgIpc) is 3.25. The van der Waals surface area contributed by atoms with Crippen molar-refractivity contribution in [2.75, 3.05) is 18.9 Å². The molecule has 158 valence electrons. The van der Waals surface area contributed by atoms with Gasteiger partial charge in [0.1, 0.15) is 4.88 Å². The van der Waals surface area contributed by atoms with Gasteiger partial charge in [-0.1, -0.05) is 30.6 Å². The number of hydrogen-bond acceptors (Lipinski definition) is 5. The molecule has 1 fully saturated rings. The number of carbonyl (C=O) groups is 2. The number of rotatable bonds is 4. The van der Waals surface area contributed by atoms with Gasteiger partial charge >= 0.3 is 0 Å². The zero-order valence-electron chi connectivity index (χ0n) is 16.1. The third-order valence-electron chi connectivity index (χ3n) is 5.23. The fourth-order valence-corrected chi connectivity index (χ4v) is 4.69. The highest BCUT2D eigenvalue weighted by Crippen LogP contribution is 2.28. The Morgan fingerprint density at radius 2 is 2.00 bits per heavy atom. The second kappa shape index (κ2) is 9.75. The van der Waals surface area contributed by atoms with Crippen LogP contribution in [0.25, 0.3) is 16.0 Å². The van der Waals surface area contributed by atoms with Crippen LogP contribution in [0.2, 0.25) is 0 Å². The van der Waals surface area contributed by atoms with Crippen LogP contribution < -0.4 is 11.1 Å². The Hall–Kier alpha value is -1.87. The van der Waals surface area contributed by atoms with Crippen LogP contribution in [0.15, 0.2) is 24.4 Å². The molecule has 1 aromatic carbocycles. The van der Waals surface area contributed by atoms with Crippen molar-refractivity contribution in [3.63, 3.8) is 0 Å². The molecule has 0 spiro atoms. The Labute approximate surface area is 185 Å². The van der Waals surface area contributed by atoms with Crippen molar-refractivity contribution in [3.8, 4) is 0 Å². The second-order valence-electron chi connectivity index (χ2n) is 7.02. The van der Waals surface area contributed by atoms with Gasteiger partial charge in [-0.15, -0.1) is 24.8 Å². The molecule has 1 aliphatic carbocycles. The summed E-state index contributed by atoms with van der Waals surface area (Å²) in [5, 5.41) is 2.73. The molecule has 3 aromatic rings. The lowest BCUT2D eigenvalue weighted by molar-refractivity contribution is -0.114. The molecule has 0 saturated heterocycles.